The van der Waals surface area contributed by atoms with Gasteiger partial charge in [-0.05, 0) is 36.4 Å². The molecule has 0 aromatic heterocycles. The van der Waals surface area contributed by atoms with Crippen molar-refractivity contribution >= 4 is 27.5 Å². The maximum atomic E-state index is 13.0. The molecule has 2 rings (SSSR count). The first kappa shape index (κ1) is 19.1. The number of carbonyl (C=O) groups excluding carboxylic acids is 1. The Morgan fingerprint density at radius 3 is 2.16 bits per heavy atom. The van der Waals surface area contributed by atoms with E-state index in [4.69, 9.17) is 0 Å². The van der Waals surface area contributed by atoms with Crippen LogP contribution in [0.1, 0.15) is 21.5 Å². The first-order valence-electron chi connectivity index (χ1n) is 6.48. The van der Waals surface area contributed by atoms with Crippen LogP contribution in [0.15, 0.2) is 40.9 Å². The minimum Gasteiger partial charge on any atom is -0.507 e. The van der Waals surface area contributed by atoms with Crippen molar-refractivity contribution in [3.63, 3.8) is 0 Å². The van der Waals surface area contributed by atoms with Gasteiger partial charge in [0.15, 0.2) is 0 Å². The third-order valence-electron chi connectivity index (χ3n) is 3.10. The number of hydrogen-bond donors (Lipinski definition) is 2. The van der Waals surface area contributed by atoms with Gasteiger partial charge in [-0.1, -0.05) is 15.9 Å². The zero-order valence-electron chi connectivity index (χ0n) is 12.0. The molecule has 0 atom stereocenters. The number of phenolic OH excluding ortho intramolecular Hbond substituents is 1. The van der Waals surface area contributed by atoms with Crippen LogP contribution in [-0.4, -0.2) is 11.0 Å². The molecule has 134 valence electrons. The summed E-state index contributed by atoms with van der Waals surface area (Å²) in [4.78, 5) is 12.1. The van der Waals surface area contributed by atoms with Crippen LogP contribution >= 0.6 is 15.9 Å². The molecule has 10 heteroatoms. The second kappa shape index (κ2) is 6.58. The zero-order valence-corrected chi connectivity index (χ0v) is 13.6. The molecule has 1 amide bonds. The van der Waals surface area contributed by atoms with Gasteiger partial charge in [0.2, 0.25) is 0 Å². The minimum absolute atomic E-state index is 0.190. The fourth-order valence-corrected chi connectivity index (χ4v) is 2.31. The maximum Gasteiger partial charge on any atom is 0.418 e. The van der Waals surface area contributed by atoms with Gasteiger partial charge >= 0.3 is 12.4 Å². The Hall–Kier alpha value is -2.23. The van der Waals surface area contributed by atoms with Gasteiger partial charge < -0.3 is 10.4 Å². The number of anilines is 1. The van der Waals surface area contributed by atoms with E-state index in [1.807, 2.05) is 0 Å². The monoisotopic (exact) mass is 427 g/mol. The molecule has 0 heterocycles. The Balaban J connectivity index is 2.49. The van der Waals surface area contributed by atoms with Crippen LogP contribution in [0.5, 0.6) is 5.75 Å². The third-order valence-corrected chi connectivity index (χ3v) is 3.60. The van der Waals surface area contributed by atoms with Crippen molar-refractivity contribution in [2.45, 2.75) is 12.4 Å². The number of amides is 1. The Kier molecular flexibility index (Phi) is 5.03. The van der Waals surface area contributed by atoms with Crippen molar-refractivity contribution in [2.75, 3.05) is 5.32 Å². The Bertz CT molecular complexity index is 817. The molecule has 0 spiro atoms. The number of aromatic hydroxyl groups is 1. The SMILES string of the molecule is O=C(Nc1cc(C(F)(F)F)ccc1C(F)(F)F)c1cc(Br)ccc1O. The number of nitrogens with one attached hydrogen (secondary N) is 1. The van der Waals surface area contributed by atoms with E-state index in [1.165, 1.54) is 6.07 Å². The summed E-state index contributed by atoms with van der Waals surface area (Å²) < 4.78 is 77.5. The molecule has 0 radical (unpaired) electrons. The van der Waals surface area contributed by atoms with Gasteiger partial charge in [0.25, 0.3) is 5.91 Å². The number of halogens is 7. The summed E-state index contributed by atoms with van der Waals surface area (Å²) in [5, 5.41) is 11.4. The molecule has 0 aliphatic heterocycles. The Morgan fingerprint density at radius 2 is 1.60 bits per heavy atom. The summed E-state index contributed by atoms with van der Waals surface area (Å²) in [5.74, 6) is -1.73. The highest BCUT2D eigenvalue weighted by molar-refractivity contribution is 9.10. The highest BCUT2D eigenvalue weighted by Gasteiger charge is 2.37. The standard InChI is InChI=1S/C15H8BrF6NO2/c16-8-2-4-12(24)9(6-8)13(25)23-11-5-7(14(17,18)19)1-3-10(11)15(20,21)22/h1-6,24H,(H,23,25). The van der Waals surface area contributed by atoms with Crippen LogP contribution in [0, 0.1) is 0 Å². The van der Waals surface area contributed by atoms with E-state index >= 15 is 0 Å². The molecule has 0 saturated heterocycles. The van der Waals surface area contributed by atoms with Gasteiger partial charge in [0, 0.05) is 4.47 Å². The molecule has 2 aromatic carbocycles. The second-order valence-electron chi connectivity index (χ2n) is 4.87. The van der Waals surface area contributed by atoms with E-state index in [9.17, 15) is 36.2 Å². The van der Waals surface area contributed by atoms with E-state index in [-0.39, 0.29) is 18.2 Å². The van der Waals surface area contributed by atoms with Gasteiger partial charge in [0.1, 0.15) is 5.75 Å². The van der Waals surface area contributed by atoms with Crippen molar-refractivity contribution in [1.82, 2.24) is 0 Å². The number of hydrogen-bond acceptors (Lipinski definition) is 2. The number of benzene rings is 2. The lowest BCUT2D eigenvalue weighted by atomic mass is 10.1. The maximum absolute atomic E-state index is 13.0. The van der Waals surface area contributed by atoms with Gasteiger partial charge in [-0.25, -0.2) is 0 Å². The van der Waals surface area contributed by atoms with Crippen molar-refractivity contribution in [3.8, 4) is 5.75 Å². The number of alkyl halides is 6. The molecular formula is C15H8BrF6NO2. The lowest BCUT2D eigenvalue weighted by Crippen LogP contribution is -2.18. The molecular weight excluding hydrogens is 420 g/mol. The van der Waals surface area contributed by atoms with Crippen LogP contribution in [0.3, 0.4) is 0 Å². The lowest BCUT2D eigenvalue weighted by molar-refractivity contribution is -0.140. The second-order valence-corrected chi connectivity index (χ2v) is 5.79. The molecule has 25 heavy (non-hydrogen) atoms. The first-order valence-corrected chi connectivity index (χ1v) is 7.27. The topological polar surface area (TPSA) is 49.3 Å². The Labute approximate surface area is 145 Å². The largest absolute Gasteiger partial charge is 0.507 e. The number of phenols is 1. The van der Waals surface area contributed by atoms with E-state index < -0.39 is 46.4 Å². The summed E-state index contributed by atoms with van der Waals surface area (Å²) in [6.45, 7) is 0. The summed E-state index contributed by atoms with van der Waals surface area (Å²) >= 11 is 3.01. The van der Waals surface area contributed by atoms with E-state index in [1.54, 1.807) is 5.32 Å². The van der Waals surface area contributed by atoms with Crippen molar-refractivity contribution in [2.24, 2.45) is 0 Å². The van der Waals surface area contributed by atoms with Crippen LogP contribution in [-0.2, 0) is 12.4 Å². The predicted octanol–water partition coefficient (Wildman–Crippen LogP) is 5.44. The highest BCUT2D eigenvalue weighted by atomic mass is 79.9. The molecule has 3 nitrogen and oxygen atoms in total. The highest BCUT2D eigenvalue weighted by Crippen LogP contribution is 2.39. The Morgan fingerprint density at radius 1 is 0.960 bits per heavy atom. The van der Waals surface area contributed by atoms with Gasteiger partial charge in [-0.15, -0.1) is 0 Å². The first-order chi connectivity index (χ1) is 11.4. The molecule has 0 fully saturated rings. The number of rotatable bonds is 2. The molecule has 0 saturated carbocycles. The van der Waals surface area contributed by atoms with Crippen molar-refractivity contribution in [1.29, 1.82) is 0 Å². The minimum atomic E-state index is -4.98. The van der Waals surface area contributed by atoms with Gasteiger partial charge in [-0.3, -0.25) is 4.79 Å². The van der Waals surface area contributed by atoms with Crippen LogP contribution in [0.4, 0.5) is 32.0 Å². The molecule has 0 aliphatic carbocycles. The van der Waals surface area contributed by atoms with Crippen LogP contribution < -0.4 is 5.32 Å². The molecule has 2 N–H and O–H groups in total. The van der Waals surface area contributed by atoms with Crippen molar-refractivity contribution in [3.05, 3.63) is 57.6 Å². The average molecular weight is 428 g/mol. The third kappa shape index (κ3) is 4.44. The number of carbonyl (C=O) groups is 1. The summed E-state index contributed by atoms with van der Waals surface area (Å²) in [5.41, 5.74) is -4.26. The van der Waals surface area contributed by atoms with Gasteiger partial charge in [-0.2, -0.15) is 26.3 Å². The molecule has 2 aromatic rings. The van der Waals surface area contributed by atoms with E-state index in [2.05, 4.69) is 15.9 Å². The predicted molar refractivity (Wildman–Crippen MR) is 80.2 cm³/mol. The molecule has 0 unspecified atom stereocenters. The quantitative estimate of drug-likeness (QED) is 0.626. The summed E-state index contributed by atoms with van der Waals surface area (Å²) in [6.07, 6.45) is -9.87. The van der Waals surface area contributed by atoms with E-state index in [0.29, 0.717) is 4.47 Å². The average Bonchev–Trinajstić information content (AvgIpc) is 2.47. The molecule has 0 bridgehead atoms. The summed E-state index contributed by atoms with van der Waals surface area (Å²) in [6, 6.07) is 4.29. The molecule has 0 aliphatic rings. The van der Waals surface area contributed by atoms with Crippen LogP contribution in [0.25, 0.3) is 0 Å². The smallest absolute Gasteiger partial charge is 0.418 e. The van der Waals surface area contributed by atoms with Crippen LogP contribution in [0.2, 0.25) is 0 Å². The zero-order chi connectivity index (χ0) is 19.0. The van der Waals surface area contributed by atoms with Gasteiger partial charge in [0.05, 0.1) is 22.4 Å². The van der Waals surface area contributed by atoms with Crippen molar-refractivity contribution < 1.29 is 36.2 Å². The van der Waals surface area contributed by atoms with E-state index in [0.717, 1.165) is 12.1 Å². The fraction of sp³-hybridized carbons (Fsp3) is 0.133. The summed E-state index contributed by atoms with van der Waals surface area (Å²) in [7, 11) is 0. The normalized spacial score (nSPS) is 12.1. The fourth-order valence-electron chi connectivity index (χ4n) is 1.95. The lowest BCUT2D eigenvalue weighted by Gasteiger charge is -2.16.